The topological polar surface area (TPSA) is 194 Å². The van der Waals surface area contributed by atoms with E-state index in [0.717, 1.165) is 81.7 Å². The number of nitriles is 2. The lowest BCUT2D eigenvalue weighted by Gasteiger charge is -2.44. The van der Waals surface area contributed by atoms with Gasteiger partial charge in [-0.3, -0.25) is 9.13 Å². The minimum absolute atomic E-state index is 0.143. The van der Waals surface area contributed by atoms with Crippen LogP contribution < -0.4 is 11.5 Å². The summed E-state index contributed by atoms with van der Waals surface area (Å²) in [5.74, 6) is -0.259. The lowest BCUT2D eigenvalue weighted by Crippen LogP contribution is -2.50. The number of aryl methyl sites for hydroxylation is 2. The van der Waals surface area contributed by atoms with Crippen molar-refractivity contribution < 1.29 is 19.7 Å². The number of halogens is 2. The first-order chi connectivity index (χ1) is 35.1. The van der Waals surface area contributed by atoms with Gasteiger partial charge in [-0.15, -0.1) is 0 Å². The van der Waals surface area contributed by atoms with Gasteiger partial charge in [-0.05, 0) is 83.6 Å². The number of aliphatic hydroxyl groups is 2. The maximum absolute atomic E-state index is 10.1. The average Bonchev–Trinajstić information content (AvgIpc) is 4.16. The van der Waals surface area contributed by atoms with Crippen molar-refractivity contribution in [3.63, 3.8) is 0 Å². The van der Waals surface area contributed by atoms with Crippen LogP contribution in [0.2, 0.25) is 10.0 Å². The maximum Gasteiger partial charge on any atom is 0.230 e. The van der Waals surface area contributed by atoms with Gasteiger partial charge in [-0.2, -0.15) is 10.5 Å². The monoisotopic (exact) mass is 1030 g/mol. The van der Waals surface area contributed by atoms with Crippen LogP contribution in [0.5, 0.6) is 0 Å². The maximum atomic E-state index is 10.1. The number of hydrogen-bond donors (Lipinski definition) is 4. The van der Waals surface area contributed by atoms with Gasteiger partial charge in [0.1, 0.15) is 12.1 Å². The van der Waals surface area contributed by atoms with Crippen LogP contribution in [0.15, 0.2) is 179 Å². The number of thioether (sulfide) groups is 2. The van der Waals surface area contributed by atoms with Gasteiger partial charge in [0.25, 0.3) is 0 Å². The molecule has 0 saturated carbocycles. The normalized spacial score (nSPS) is 22.2. The molecule has 0 unspecified atom stereocenters. The van der Waals surface area contributed by atoms with Crippen LogP contribution in [0.1, 0.15) is 59.1 Å². The second-order valence-corrected chi connectivity index (χ2v) is 20.1. The first kappa shape index (κ1) is 50.1. The van der Waals surface area contributed by atoms with E-state index in [0.29, 0.717) is 21.2 Å². The number of para-hydroxylation sites is 4. The molecule has 0 fully saturated rings. The molecule has 0 radical (unpaired) electrons. The van der Waals surface area contributed by atoms with E-state index in [-0.39, 0.29) is 34.1 Å². The average molecular weight is 1030 g/mol. The van der Waals surface area contributed by atoms with Crippen LogP contribution >= 0.6 is 46.7 Å². The Kier molecular flexibility index (Phi) is 14.4. The van der Waals surface area contributed by atoms with Gasteiger partial charge >= 0.3 is 0 Å². The summed E-state index contributed by atoms with van der Waals surface area (Å²) in [6.07, 6.45) is 1.90. The zero-order valence-electron chi connectivity index (χ0n) is 39.7. The molecule has 12 rings (SSSR count). The molecular formula is C56H50Cl2N8O4S2. The highest BCUT2D eigenvalue weighted by molar-refractivity contribution is 8.00. The molecule has 6 N–H and O–H groups in total. The van der Waals surface area contributed by atoms with E-state index >= 15 is 0 Å². The molecule has 0 spiro atoms. The first-order valence-electron chi connectivity index (χ1n) is 23.2. The SMILES string of the molecule is CCc1ccc([C@@H]2C(C#N)=C(N)O[C@@]3(c4ccc(Cl)cc4)[C@@H]2Sc2nc4ccccc4n23)cc1.CCc1ccc([C@H]2C(C#N)=C(N)O[C@]3(c4ccc(Cl)cc4)[C@H]2Sc2nc4ccccc4n23)cc1.CO.CO. The van der Waals surface area contributed by atoms with E-state index in [9.17, 15) is 10.5 Å². The smallest absolute Gasteiger partial charge is 0.230 e. The Bertz CT molecular complexity index is 3210. The first-order valence-corrected chi connectivity index (χ1v) is 25.7. The minimum Gasteiger partial charge on any atom is -0.446 e. The highest BCUT2D eigenvalue weighted by atomic mass is 35.5. The van der Waals surface area contributed by atoms with Gasteiger partial charge in [0, 0.05) is 47.2 Å². The number of rotatable bonds is 6. The standard InChI is InChI=1S/2C27H21ClN4OS.2CH4O/c2*1-2-16-7-9-17(10-8-16)23-20(15-29)25(30)33-27(18-11-13-19(28)14-12-18)24(23)34-26-31-21-5-3-4-6-22(21)32(26)27;2*1-2/h2*3-14,23-24H,2,30H2,1H3;2*2H,1H3/t2*23-,24-,27+;;/m10../s1. The van der Waals surface area contributed by atoms with Gasteiger partial charge in [0.05, 0.1) is 43.7 Å². The van der Waals surface area contributed by atoms with Crippen molar-refractivity contribution in [3.8, 4) is 12.1 Å². The van der Waals surface area contributed by atoms with Crippen LogP contribution in [0.3, 0.4) is 0 Å². The molecule has 72 heavy (non-hydrogen) atoms. The zero-order valence-corrected chi connectivity index (χ0v) is 42.8. The third kappa shape index (κ3) is 8.13. The second kappa shape index (κ2) is 20.7. The zero-order chi connectivity index (χ0) is 50.9. The number of imidazole rings is 2. The van der Waals surface area contributed by atoms with Crippen LogP contribution in [0, 0.1) is 22.7 Å². The number of aromatic nitrogens is 4. The van der Waals surface area contributed by atoms with Crippen molar-refractivity contribution in [3.05, 3.63) is 212 Å². The summed E-state index contributed by atoms with van der Waals surface area (Å²) in [6.45, 7) is 4.26. The quantitative estimate of drug-likeness (QED) is 0.123. The lowest BCUT2D eigenvalue weighted by molar-refractivity contribution is -0.0459. The molecule has 6 atom stereocenters. The predicted octanol–water partition coefficient (Wildman–Crippen LogP) is 11.1. The van der Waals surface area contributed by atoms with Gasteiger partial charge in [0.2, 0.25) is 23.2 Å². The van der Waals surface area contributed by atoms with E-state index in [1.165, 1.54) is 11.1 Å². The summed E-state index contributed by atoms with van der Waals surface area (Å²) in [6, 6.07) is 52.9. The van der Waals surface area contributed by atoms with Crippen LogP contribution in [-0.4, -0.2) is 54.0 Å². The van der Waals surface area contributed by atoms with Crippen molar-refractivity contribution in [2.75, 3.05) is 14.2 Å². The Balaban J connectivity index is 0.000000166. The molecule has 16 heteroatoms. The highest BCUT2D eigenvalue weighted by Crippen LogP contribution is 2.61. The summed E-state index contributed by atoms with van der Waals surface area (Å²) in [5, 5.41) is 36.8. The fourth-order valence-corrected chi connectivity index (χ4v) is 13.7. The molecule has 364 valence electrons. The molecule has 4 aliphatic rings. The van der Waals surface area contributed by atoms with Crippen molar-refractivity contribution in [1.29, 1.82) is 10.5 Å². The molecule has 6 aromatic carbocycles. The third-order valence-electron chi connectivity index (χ3n) is 13.5. The number of allylic oxidation sites excluding steroid dienone is 2. The van der Waals surface area contributed by atoms with Crippen LogP contribution in [0.25, 0.3) is 22.1 Å². The molecule has 2 aromatic heterocycles. The molecular weight excluding hydrogens is 984 g/mol. The lowest BCUT2D eigenvalue weighted by atomic mass is 9.79. The Morgan fingerprint density at radius 2 is 0.903 bits per heavy atom. The van der Waals surface area contributed by atoms with Gasteiger partial charge in [-0.25, -0.2) is 9.97 Å². The van der Waals surface area contributed by atoms with Crippen molar-refractivity contribution in [1.82, 2.24) is 19.1 Å². The minimum atomic E-state index is -0.987. The largest absolute Gasteiger partial charge is 0.446 e. The van der Waals surface area contributed by atoms with Crippen LogP contribution in [-0.2, 0) is 33.8 Å². The predicted molar refractivity (Wildman–Crippen MR) is 285 cm³/mol. The van der Waals surface area contributed by atoms with E-state index in [1.807, 2.05) is 97.1 Å². The van der Waals surface area contributed by atoms with E-state index in [1.54, 1.807) is 23.5 Å². The second-order valence-electron chi connectivity index (χ2n) is 17.0. The van der Waals surface area contributed by atoms with E-state index < -0.39 is 11.4 Å². The number of hydrogen-bond acceptors (Lipinski definition) is 12. The van der Waals surface area contributed by atoms with E-state index in [2.05, 4.69) is 83.7 Å². The highest BCUT2D eigenvalue weighted by Gasteiger charge is 2.61. The number of nitrogens with zero attached hydrogens (tertiary/aromatic N) is 6. The number of nitrogens with two attached hydrogens (primary N) is 2. The fourth-order valence-electron chi connectivity index (χ4n) is 10.2. The number of fused-ring (bicyclic) bond motifs is 10. The summed E-state index contributed by atoms with van der Waals surface area (Å²) < 4.78 is 17.5. The molecule has 4 aliphatic heterocycles. The molecule has 0 bridgehead atoms. The van der Waals surface area contributed by atoms with E-state index in [4.69, 9.17) is 64.3 Å². The molecule has 0 saturated heterocycles. The number of benzene rings is 6. The van der Waals surface area contributed by atoms with Crippen molar-refractivity contribution in [2.24, 2.45) is 11.5 Å². The van der Waals surface area contributed by atoms with Crippen molar-refractivity contribution >= 4 is 68.8 Å². The summed E-state index contributed by atoms with van der Waals surface area (Å²) in [5.41, 5.74) is 22.0. The molecule has 0 amide bonds. The summed E-state index contributed by atoms with van der Waals surface area (Å²) in [4.78, 5) is 9.83. The number of ether oxygens (including phenoxy) is 2. The Labute approximate surface area is 436 Å². The Hall–Kier alpha value is -6.88. The third-order valence-corrected chi connectivity index (χ3v) is 16.7. The Morgan fingerprint density at radius 3 is 1.24 bits per heavy atom. The molecule has 0 aliphatic carbocycles. The molecule has 8 aromatic rings. The fraction of sp³-hybridized carbons (Fsp3) is 0.214. The molecule has 12 nitrogen and oxygen atoms in total. The Morgan fingerprint density at radius 1 is 0.556 bits per heavy atom. The van der Waals surface area contributed by atoms with Crippen molar-refractivity contribution in [2.45, 2.75) is 70.8 Å². The van der Waals surface area contributed by atoms with Crippen LogP contribution in [0.4, 0.5) is 0 Å². The van der Waals surface area contributed by atoms with Gasteiger partial charge < -0.3 is 31.2 Å². The van der Waals surface area contributed by atoms with Gasteiger partial charge in [-0.1, -0.05) is 158 Å². The summed E-state index contributed by atoms with van der Waals surface area (Å²) >= 11 is 15.8. The van der Waals surface area contributed by atoms with Gasteiger partial charge in [0.15, 0.2) is 10.3 Å². The number of aliphatic hydroxyl groups excluding tert-OH is 2. The molecule has 6 heterocycles. The summed E-state index contributed by atoms with van der Waals surface area (Å²) in [7, 11) is 2.00.